The molecule has 0 aromatic carbocycles. The van der Waals surface area contributed by atoms with E-state index in [0.29, 0.717) is 5.92 Å². The SMILES string of the molecule is CC1C=Cc2cnccc2C1. The maximum Gasteiger partial charge on any atom is 0.0342 e. The highest BCUT2D eigenvalue weighted by molar-refractivity contribution is 5.55. The van der Waals surface area contributed by atoms with E-state index in [9.17, 15) is 0 Å². The molecular formula is C10H11N. The predicted octanol–water partition coefficient (Wildman–Crippen LogP) is 2.29. The van der Waals surface area contributed by atoms with Gasteiger partial charge in [-0.05, 0) is 29.5 Å². The molecule has 0 aliphatic heterocycles. The maximum atomic E-state index is 4.07. The van der Waals surface area contributed by atoms with Gasteiger partial charge in [0.05, 0.1) is 0 Å². The van der Waals surface area contributed by atoms with Crippen LogP contribution < -0.4 is 0 Å². The van der Waals surface area contributed by atoms with Crippen LogP contribution in [-0.2, 0) is 6.42 Å². The highest BCUT2D eigenvalue weighted by atomic mass is 14.6. The molecule has 0 radical (unpaired) electrons. The van der Waals surface area contributed by atoms with Gasteiger partial charge in [-0.1, -0.05) is 19.1 Å². The number of fused-ring (bicyclic) bond motifs is 1. The normalized spacial score (nSPS) is 21.4. The molecule has 2 rings (SSSR count). The van der Waals surface area contributed by atoms with Crippen LogP contribution in [0.3, 0.4) is 0 Å². The summed E-state index contributed by atoms with van der Waals surface area (Å²) < 4.78 is 0. The lowest BCUT2D eigenvalue weighted by molar-refractivity contribution is 0.716. The standard InChI is InChI=1S/C10H11N/c1-8-2-3-10-7-11-5-4-9(10)6-8/h2-5,7-8H,6H2,1H3. The molecule has 0 spiro atoms. The first-order valence-electron chi connectivity index (χ1n) is 3.97. The molecule has 1 unspecified atom stereocenters. The third-order valence-corrected chi connectivity index (χ3v) is 2.09. The summed E-state index contributed by atoms with van der Waals surface area (Å²) in [7, 11) is 0. The molecule has 0 amide bonds. The van der Waals surface area contributed by atoms with E-state index in [2.05, 4.69) is 30.1 Å². The summed E-state index contributed by atoms with van der Waals surface area (Å²) in [6.07, 6.45) is 9.36. The van der Waals surface area contributed by atoms with Crippen LogP contribution in [0.25, 0.3) is 6.08 Å². The zero-order valence-corrected chi connectivity index (χ0v) is 6.62. The topological polar surface area (TPSA) is 12.9 Å². The third kappa shape index (κ3) is 1.18. The Kier molecular flexibility index (Phi) is 1.50. The first-order chi connectivity index (χ1) is 5.36. The lowest BCUT2D eigenvalue weighted by atomic mass is 9.92. The summed E-state index contributed by atoms with van der Waals surface area (Å²) in [5.41, 5.74) is 2.71. The van der Waals surface area contributed by atoms with Crippen molar-refractivity contribution in [3.63, 3.8) is 0 Å². The first kappa shape index (κ1) is 6.59. The Labute approximate surface area is 66.8 Å². The van der Waals surface area contributed by atoms with Crippen molar-refractivity contribution < 1.29 is 0 Å². The number of hydrogen-bond donors (Lipinski definition) is 0. The van der Waals surface area contributed by atoms with Gasteiger partial charge in [0.1, 0.15) is 0 Å². The van der Waals surface area contributed by atoms with Crippen LogP contribution in [0.1, 0.15) is 18.1 Å². The zero-order chi connectivity index (χ0) is 7.68. The van der Waals surface area contributed by atoms with E-state index >= 15 is 0 Å². The Morgan fingerprint density at radius 2 is 2.45 bits per heavy atom. The van der Waals surface area contributed by atoms with E-state index in [-0.39, 0.29) is 0 Å². The van der Waals surface area contributed by atoms with Crippen molar-refractivity contribution >= 4 is 6.08 Å². The number of rotatable bonds is 0. The smallest absolute Gasteiger partial charge is 0.0342 e. The molecule has 0 bridgehead atoms. The fourth-order valence-electron chi connectivity index (χ4n) is 1.45. The molecule has 56 valence electrons. The molecule has 1 aliphatic carbocycles. The van der Waals surface area contributed by atoms with E-state index in [1.165, 1.54) is 11.1 Å². The van der Waals surface area contributed by atoms with Gasteiger partial charge in [-0.15, -0.1) is 0 Å². The molecule has 1 heterocycles. The minimum absolute atomic E-state index is 0.685. The second kappa shape index (κ2) is 2.50. The molecule has 0 N–H and O–H groups in total. The van der Waals surface area contributed by atoms with Crippen molar-refractivity contribution in [2.45, 2.75) is 13.3 Å². The Morgan fingerprint density at radius 1 is 1.55 bits per heavy atom. The summed E-state index contributed by atoms with van der Waals surface area (Å²) in [4.78, 5) is 4.07. The van der Waals surface area contributed by atoms with Gasteiger partial charge in [0.15, 0.2) is 0 Å². The number of aromatic nitrogens is 1. The molecule has 0 saturated carbocycles. The Morgan fingerprint density at radius 3 is 3.36 bits per heavy atom. The fourth-order valence-corrected chi connectivity index (χ4v) is 1.45. The number of allylic oxidation sites excluding steroid dienone is 1. The lowest BCUT2D eigenvalue weighted by Crippen LogP contribution is -2.02. The average molecular weight is 145 g/mol. The van der Waals surface area contributed by atoms with E-state index in [4.69, 9.17) is 0 Å². The number of nitrogens with zero attached hydrogens (tertiary/aromatic N) is 1. The van der Waals surface area contributed by atoms with Crippen LogP contribution in [0.2, 0.25) is 0 Å². The van der Waals surface area contributed by atoms with E-state index in [0.717, 1.165) is 6.42 Å². The molecule has 11 heavy (non-hydrogen) atoms. The second-order valence-electron chi connectivity index (χ2n) is 3.12. The molecule has 1 atom stereocenters. The summed E-state index contributed by atoms with van der Waals surface area (Å²) in [5.74, 6) is 0.685. The maximum absolute atomic E-state index is 4.07. The second-order valence-corrected chi connectivity index (χ2v) is 3.12. The van der Waals surface area contributed by atoms with Gasteiger partial charge in [-0.3, -0.25) is 4.98 Å². The van der Waals surface area contributed by atoms with Crippen LogP contribution in [0.5, 0.6) is 0 Å². The third-order valence-electron chi connectivity index (χ3n) is 2.09. The van der Waals surface area contributed by atoms with Crippen molar-refractivity contribution in [2.24, 2.45) is 5.92 Å². The molecule has 1 aromatic heterocycles. The number of hydrogen-bond acceptors (Lipinski definition) is 1. The summed E-state index contributed by atoms with van der Waals surface area (Å²) in [5, 5.41) is 0. The van der Waals surface area contributed by atoms with Crippen LogP contribution >= 0.6 is 0 Å². The summed E-state index contributed by atoms with van der Waals surface area (Å²) in [6.45, 7) is 2.24. The van der Waals surface area contributed by atoms with Crippen LogP contribution in [-0.4, -0.2) is 4.98 Å². The van der Waals surface area contributed by atoms with E-state index in [1.54, 1.807) is 0 Å². The summed E-state index contributed by atoms with van der Waals surface area (Å²) >= 11 is 0. The molecule has 1 nitrogen and oxygen atoms in total. The number of pyridine rings is 1. The average Bonchev–Trinajstić information content (AvgIpc) is 2.04. The van der Waals surface area contributed by atoms with Gasteiger partial charge < -0.3 is 0 Å². The highest BCUT2D eigenvalue weighted by Gasteiger charge is 2.08. The quantitative estimate of drug-likeness (QED) is 0.545. The van der Waals surface area contributed by atoms with Gasteiger partial charge in [-0.2, -0.15) is 0 Å². The van der Waals surface area contributed by atoms with E-state index in [1.807, 2.05) is 12.4 Å². The van der Waals surface area contributed by atoms with E-state index < -0.39 is 0 Å². The first-order valence-corrected chi connectivity index (χ1v) is 3.97. The van der Waals surface area contributed by atoms with Gasteiger partial charge in [0.25, 0.3) is 0 Å². The largest absolute Gasteiger partial charge is 0.264 e. The van der Waals surface area contributed by atoms with Gasteiger partial charge in [0, 0.05) is 12.4 Å². The zero-order valence-electron chi connectivity index (χ0n) is 6.62. The van der Waals surface area contributed by atoms with Crippen LogP contribution in [0.15, 0.2) is 24.5 Å². The molecular weight excluding hydrogens is 134 g/mol. The van der Waals surface area contributed by atoms with Gasteiger partial charge >= 0.3 is 0 Å². The molecule has 1 heteroatoms. The molecule has 0 saturated heterocycles. The fraction of sp³-hybridized carbons (Fsp3) is 0.300. The minimum Gasteiger partial charge on any atom is -0.264 e. The molecule has 0 fully saturated rings. The van der Waals surface area contributed by atoms with Crippen molar-refractivity contribution in [1.82, 2.24) is 4.98 Å². The van der Waals surface area contributed by atoms with Gasteiger partial charge in [-0.25, -0.2) is 0 Å². The predicted molar refractivity (Wildman–Crippen MR) is 46.1 cm³/mol. The lowest BCUT2D eigenvalue weighted by Gasteiger charge is -2.13. The molecule has 1 aliphatic rings. The van der Waals surface area contributed by atoms with Crippen molar-refractivity contribution in [3.05, 3.63) is 35.7 Å². The summed E-state index contributed by atoms with van der Waals surface area (Å²) in [6, 6.07) is 2.11. The Hall–Kier alpha value is -1.11. The van der Waals surface area contributed by atoms with Crippen LogP contribution in [0.4, 0.5) is 0 Å². The van der Waals surface area contributed by atoms with Gasteiger partial charge in [0.2, 0.25) is 0 Å². The van der Waals surface area contributed by atoms with Crippen molar-refractivity contribution in [1.29, 1.82) is 0 Å². The van der Waals surface area contributed by atoms with Crippen LogP contribution in [0, 0.1) is 5.92 Å². The monoisotopic (exact) mass is 145 g/mol. The van der Waals surface area contributed by atoms with Crippen molar-refractivity contribution in [3.8, 4) is 0 Å². The molecule has 1 aromatic rings. The Balaban J connectivity index is 2.46. The highest BCUT2D eigenvalue weighted by Crippen LogP contribution is 2.20. The van der Waals surface area contributed by atoms with Crippen molar-refractivity contribution in [2.75, 3.05) is 0 Å². The Bertz CT molecular complexity index is 289. The minimum atomic E-state index is 0.685.